The molecule has 1 fully saturated rings. The van der Waals surface area contributed by atoms with Crippen molar-refractivity contribution >= 4 is 7.60 Å². The lowest BCUT2D eigenvalue weighted by Gasteiger charge is -2.33. The molecule has 1 rings (SSSR count). The van der Waals surface area contributed by atoms with Crippen LogP contribution in [-0.4, -0.2) is 28.3 Å². The van der Waals surface area contributed by atoms with Crippen LogP contribution in [0, 0.1) is 11.8 Å². The van der Waals surface area contributed by atoms with E-state index in [4.69, 9.17) is 9.79 Å². The highest BCUT2D eigenvalue weighted by Crippen LogP contribution is 2.43. The van der Waals surface area contributed by atoms with Crippen molar-refractivity contribution in [1.82, 2.24) is 0 Å². The second-order valence-electron chi connectivity index (χ2n) is 5.22. The van der Waals surface area contributed by atoms with Gasteiger partial charge in [0.15, 0.2) is 0 Å². The molecule has 1 aliphatic carbocycles. The molecule has 0 heterocycles. The van der Waals surface area contributed by atoms with Crippen molar-refractivity contribution in [2.75, 3.05) is 6.16 Å². The van der Waals surface area contributed by atoms with Crippen molar-refractivity contribution < 1.29 is 31.9 Å². The Morgan fingerprint density at radius 2 is 1.79 bits per heavy atom. The highest BCUT2D eigenvalue weighted by molar-refractivity contribution is 7.51. The molecular weight excluding hydrogens is 287 g/mol. The van der Waals surface area contributed by atoms with Gasteiger partial charge in [0.05, 0.1) is 6.16 Å². The van der Waals surface area contributed by atoms with Crippen molar-refractivity contribution in [1.29, 1.82) is 0 Å². The summed E-state index contributed by atoms with van der Waals surface area (Å²) in [7, 11) is -4.35. The van der Waals surface area contributed by atoms with Gasteiger partial charge >= 0.3 is 13.8 Å². The molecule has 0 aliphatic heterocycles. The number of rotatable bonds is 5. The van der Waals surface area contributed by atoms with Crippen LogP contribution < -0.4 is 0 Å². The summed E-state index contributed by atoms with van der Waals surface area (Å²) in [5.74, 6) is -1.77. The Labute approximate surface area is 109 Å². The monoisotopic (exact) mass is 306 g/mol. The number of halogens is 4. The first kappa shape index (κ1) is 16.9. The van der Waals surface area contributed by atoms with E-state index in [-0.39, 0.29) is 12.8 Å². The van der Waals surface area contributed by atoms with Gasteiger partial charge in [0, 0.05) is 6.42 Å². The molecule has 0 spiro atoms. The highest BCUT2D eigenvalue weighted by atomic mass is 31.2. The van der Waals surface area contributed by atoms with Crippen LogP contribution in [0.5, 0.6) is 0 Å². The zero-order chi connectivity index (χ0) is 14.7. The maximum Gasteiger partial charge on any atom is 0.389 e. The topological polar surface area (TPSA) is 57.5 Å². The molecular formula is C11H19F4O3P. The smallest absolute Gasteiger partial charge is 0.324 e. The third kappa shape index (κ3) is 6.72. The molecule has 8 heteroatoms. The zero-order valence-electron chi connectivity index (χ0n) is 10.4. The van der Waals surface area contributed by atoms with Crippen molar-refractivity contribution in [3.63, 3.8) is 0 Å². The second kappa shape index (κ2) is 6.55. The lowest BCUT2D eigenvalue weighted by atomic mass is 9.76. The van der Waals surface area contributed by atoms with Gasteiger partial charge in [-0.15, -0.1) is 0 Å². The van der Waals surface area contributed by atoms with Crippen LogP contribution in [0.25, 0.3) is 0 Å². The van der Waals surface area contributed by atoms with Crippen LogP contribution in [0.2, 0.25) is 0 Å². The first-order chi connectivity index (χ1) is 8.58. The molecule has 0 bridgehead atoms. The first-order valence-corrected chi connectivity index (χ1v) is 8.13. The minimum absolute atomic E-state index is 0.245. The van der Waals surface area contributed by atoms with Crippen LogP contribution in [0.4, 0.5) is 17.6 Å². The maximum atomic E-state index is 13.7. The largest absolute Gasteiger partial charge is 0.389 e. The molecule has 19 heavy (non-hydrogen) atoms. The van der Waals surface area contributed by atoms with E-state index in [1.165, 1.54) is 0 Å². The standard InChI is InChI=1S/C11H19F4O3P/c12-10-4-2-1-3-9(10)8(7-11(13,14)15)5-6-19(16,17)18/h8-10H,1-7H2,(H2,16,17,18). The summed E-state index contributed by atoms with van der Waals surface area (Å²) in [6, 6.07) is 0. The summed E-state index contributed by atoms with van der Waals surface area (Å²) in [6.07, 6.45) is -5.85. The predicted molar refractivity (Wildman–Crippen MR) is 62.5 cm³/mol. The van der Waals surface area contributed by atoms with Gasteiger partial charge in [0.2, 0.25) is 0 Å². The minimum Gasteiger partial charge on any atom is -0.324 e. The summed E-state index contributed by atoms with van der Waals surface area (Å²) in [5, 5.41) is 0. The Balaban J connectivity index is 2.70. The molecule has 114 valence electrons. The third-order valence-electron chi connectivity index (χ3n) is 3.62. The second-order valence-corrected chi connectivity index (χ2v) is 7.00. The quantitative estimate of drug-likeness (QED) is 0.602. The number of hydrogen-bond donors (Lipinski definition) is 2. The first-order valence-electron chi connectivity index (χ1n) is 6.34. The van der Waals surface area contributed by atoms with E-state index in [0.717, 1.165) is 0 Å². The fourth-order valence-corrected chi connectivity index (χ4v) is 3.41. The van der Waals surface area contributed by atoms with Gasteiger partial charge in [-0.2, -0.15) is 13.2 Å². The summed E-state index contributed by atoms with van der Waals surface area (Å²) in [4.78, 5) is 17.5. The molecule has 0 radical (unpaired) electrons. The highest BCUT2D eigenvalue weighted by Gasteiger charge is 2.40. The van der Waals surface area contributed by atoms with E-state index in [9.17, 15) is 22.1 Å². The molecule has 0 saturated heterocycles. The fraction of sp³-hybridized carbons (Fsp3) is 1.00. The van der Waals surface area contributed by atoms with Crippen LogP contribution in [0.3, 0.4) is 0 Å². The summed E-state index contributed by atoms with van der Waals surface area (Å²) in [5.41, 5.74) is 0. The Morgan fingerprint density at radius 3 is 2.26 bits per heavy atom. The van der Waals surface area contributed by atoms with Gasteiger partial charge in [-0.25, -0.2) is 4.39 Å². The Morgan fingerprint density at radius 1 is 1.21 bits per heavy atom. The lowest BCUT2D eigenvalue weighted by Crippen LogP contribution is -2.32. The third-order valence-corrected chi connectivity index (χ3v) is 4.46. The zero-order valence-corrected chi connectivity index (χ0v) is 11.3. The molecule has 0 aromatic rings. The summed E-state index contributed by atoms with van der Waals surface area (Å²) < 4.78 is 62.0. The van der Waals surface area contributed by atoms with Crippen LogP contribution in [-0.2, 0) is 4.57 Å². The molecule has 3 unspecified atom stereocenters. The number of hydrogen-bond acceptors (Lipinski definition) is 1. The van der Waals surface area contributed by atoms with Gasteiger partial charge in [0.1, 0.15) is 6.17 Å². The molecule has 1 aliphatic rings. The average molecular weight is 306 g/mol. The van der Waals surface area contributed by atoms with E-state index in [2.05, 4.69) is 0 Å². The molecule has 1 saturated carbocycles. The Bertz CT molecular complexity index is 328. The van der Waals surface area contributed by atoms with Crippen molar-refractivity contribution in [2.24, 2.45) is 11.8 Å². The average Bonchev–Trinajstić information content (AvgIpc) is 2.22. The van der Waals surface area contributed by atoms with Gasteiger partial charge in [-0.1, -0.05) is 12.8 Å². The van der Waals surface area contributed by atoms with Crippen LogP contribution in [0.15, 0.2) is 0 Å². The van der Waals surface area contributed by atoms with Crippen LogP contribution in [0.1, 0.15) is 38.5 Å². The van der Waals surface area contributed by atoms with Crippen molar-refractivity contribution in [2.45, 2.75) is 50.9 Å². The maximum absolute atomic E-state index is 13.7. The van der Waals surface area contributed by atoms with Gasteiger partial charge in [-0.3, -0.25) is 4.57 Å². The SMILES string of the molecule is O=P(O)(O)CCC(CC(F)(F)F)C1CCCCC1F. The van der Waals surface area contributed by atoms with Gasteiger partial charge in [0.25, 0.3) is 0 Å². The fourth-order valence-electron chi connectivity index (χ4n) is 2.74. The molecule has 2 N–H and O–H groups in total. The summed E-state index contributed by atoms with van der Waals surface area (Å²) in [6.45, 7) is 0. The molecule has 3 nitrogen and oxygen atoms in total. The predicted octanol–water partition coefficient (Wildman–Crippen LogP) is 3.65. The lowest BCUT2D eigenvalue weighted by molar-refractivity contribution is -0.151. The molecule has 0 aromatic carbocycles. The summed E-state index contributed by atoms with van der Waals surface area (Å²) >= 11 is 0. The van der Waals surface area contributed by atoms with E-state index < -0.39 is 44.4 Å². The normalized spacial score (nSPS) is 27.3. The Kier molecular flexibility index (Phi) is 5.83. The molecule has 0 aromatic heterocycles. The van der Waals surface area contributed by atoms with E-state index in [1.807, 2.05) is 0 Å². The Hall–Kier alpha value is -0.130. The molecule has 3 atom stereocenters. The van der Waals surface area contributed by atoms with E-state index in [1.54, 1.807) is 0 Å². The van der Waals surface area contributed by atoms with Crippen molar-refractivity contribution in [3.05, 3.63) is 0 Å². The molecule has 0 amide bonds. The van der Waals surface area contributed by atoms with Crippen LogP contribution >= 0.6 is 7.60 Å². The van der Waals surface area contributed by atoms with Gasteiger partial charge in [-0.05, 0) is 31.1 Å². The van der Waals surface area contributed by atoms with Gasteiger partial charge < -0.3 is 9.79 Å². The number of alkyl halides is 4. The van der Waals surface area contributed by atoms with E-state index >= 15 is 0 Å². The van der Waals surface area contributed by atoms with Crippen molar-refractivity contribution in [3.8, 4) is 0 Å². The minimum atomic E-state index is -4.43. The van der Waals surface area contributed by atoms with E-state index in [0.29, 0.717) is 19.3 Å².